The molecule has 12 nitrogen and oxygen atoms in total. The van der Waals surface area contributed by atoms with Crippen molar-refractivity contribution in [2.24, 2.45) is 10.4 Å². The molecule has 0 aromatic rings. The molecule has 0 aromatic heterocycles. The third kappa shape index (κ3) is 10.5. The number of hydrogen-bond acceptors (Lipinski definition) is 9. The highest BCUT2D eigenvalue weighted by Gasteiger charge is 2.41. The molecule has 0 aromatic carbocycles. The molecule has 1 saturated heterocycles. The molecule has 1 aliphatic heterocycles. The highest BCUT2D eigenvalue weighted by atomic mass is 16.7. The summed E-state index contributed by atoms with van der Waals surface area (Å²) in [6.07, 6.45) is -2.62. The minimum absolute atomic E-state index is 0.000105. The maximum absolute atomic E-state index is 12.2. The molecule has 0 spiro atoms. The summed E-state index contributed by atoms with van der Waals surface area (Å²) in [7, 11) is 0. The van der Waals surface area contributed by atoms with Crippen LogP contribution >= 0.6 is 0 Å². The number of amides is 2. The zero-order valence-corrected chi connectivity index (χ0v) is 18.9. The van der Waals surface area contributed by atoms with Crippen LogP contribution in [0.5, 0.6) is 0 Å². The molecule has 2 N–H and O–H groups in total. The van der Waals surface area contributed by atoms with Gasteiger partial charge in [-0.2, -0.15) is 0 Å². The fourth-order valence-electron chi connectivity index (χ4n) is 2.01. The molecule has 1 fully saturated rings. The number of ether oxygens (including phenoxy) is 5. The molecule has 0 bridgehead atoms. The minimum atomic E-state index is -1.13. The van der Waals surface area contributed by atoms with Crippen LogP contribution in [0, 0.1) is 5.41 Å². The van der Waals surface area contributed by atoms with E-state index in [1.54, 1.807) is 41.5 Å². The number of nitrogens with zero attached hydrogens (tertiary/aromatic N) is 1. The second-order valence-corrected chi connectivity index (χ2v) is 9.02. The lowest BCUT2D eigenvalue weighted by atomic mass is 9.93. The van der Waals surface area contributed by atoms with Gasteiger partial charge in [0.25, 0.3) is 0 Å². The Morgan fingerprint density at radius 2 is 1.58 bits per heavy atom. The van der Waals surface area contributed by atoms with Crippen molar-refractivity contribution in [1.82, 2.24) is 10.6 Å². The Morgan fingerprint density at radius 1 is 1.03 bits per heavy atom. The van der Waals surface area contributed by atoms with Gasteiger partial charge < -0.3 is 29.0 Å². The second kappa shape index (κ2) is 10.3. The Labute approximate surface area is 181 Å². The summed E-state index contributed by atoms with van der Waals surface area (Å²) in [5, 5.41) is 4.99. The van der Waals surface area contributed by atoms with Crippen LogP contribution in [0.1, 0.15) is 48.5 Å². The Morgan fingerprint density at radius 3 is 2.10 bits per heavy atom. The second-order valence-electron chi connectivity index (χ2n) is 9.02. The van der Waals surface area contributed by atoms with Crippen LogP contribution in [0.25, 0.3) is 0 Å². The molecule has 31 heavy (non-hydrogen) atoms. The third-order valence-electron chi connectivity index (χ3n) is 3.35. The number of carbonyl (C=O) groups is 4. The van der Waals surface area contributed by atoms with Crippen molar-refractivity contribution in [2.75, 3.05) is 26.4 Å². The van der Waals surface area contributed by atoms with E-state index in [1.807, 2.05) is 0 Å². The van der Waals surface area contributed by atoms with Gasteiger partial charge in [0.2, 0.25) is 5.96 Å². The van der Waals surface area contributed by atoms with Crippen molar-refractivity contribution in [3.8, 4) is 0 Å². The van der Waals surface area contributed by atoms with E-state index in [4.69, 9.17) is 23.7 Å². The van der Waals surface area contributed by atoms with E-state index in [2.05, 4.69) is 15.6 Å². The van der Waals surface area contributed by atoms with Crippen LogP contribution in [-0.4, -0.2) is 67.8 Å². The summed E-state index contributed by atoms with van der Waals surface area (Å²) in [6.45, 7) is 11.1. The van der Waals surface area contributed by atoms with Gasteiger partial charge in [0, 0.05) is 0 Å². The highest BCUT2D eigenvalue weighted by Crippen LogP contribution is 2.23. The predicted octanol–water partition coefficient (Wildman–Crippen LogP) is 2.11. The average Bonchev–Trinajstić information content (AvgIpc) is 2.57. The number of hydrogen-bond donors (Lipinski definition) is 2. The molecule has 2 amide bonds. The molecule has 12 heteroatoms. The molecule has 0 unspecified atom stereocenters. The van der Waals surface area contributed by atoms with Gasteiger partial charge in [0.05, 0.1) is 6.54 Å². The number of esters is 1. The van der Waals surface area contributed by atoms with E-state index in [1.165, 1.54) is 6.92 Å². The standard InChI is InChI=1S/C19H31N3O9/c1-17(2,3)30-14(24)21-13(22-15(25)31-18(4,5)6)20-8-9-27-12(23)19(7)10-28-16(26)29-11-19/h8-11H2,1-7H3,(H2,20,21,22,24,25). The molecule has 176 valence electrons. The molecule has 1 heterocycles. The van der Waals surface area contributed by atoms with Crippen LogP contribution < -0.4 is 10.6 Å². The molecule has 1 aliphatic rings. The Bertz CT molecular complexity index is 710. The summed E-state index contributed by atoms with van der Waals surface area (Å²) in [5.41, 5.74) is -2.68. The SMILES string of the molecule is CC(C)(C)OC(=O)/N=C(\NCCOC(=O)C1(C)COC(=O)OC1)NC(=O)OC(C)(C)C. The molecular weight excluding hydrogens is 414 g/mol. The lowest BCUT2D eigenvalue weighted by molar-refractivity contribution is -0.165. The number of guanidine groups is 1. The topological polar surface area (TPSA) is 151 Å². The van der Waals surface area contributed by atoms with Crippen molar-refractivity contribution < 1.29 is 42.9 Å². The maximum atomic E-state index is 12.2. The summed E-state index contributed by atoms with van der Waals surface area (Å²) in [5.74, 6) is -0.867. The summed E-state index contributed by atoms with van der Waals surface area (Å²) >= 11 is 0. The molecule has 0 atom stereocenters. The fourth-order valence-corrected chi connectivity index (χ4v) is 2.01. The summed E-state index contributed by atoms with van der Waals surface area (Å²) in [4.78, 5) is 50.8. The zero-order valence-electron chi connectivity index (χ0n) is 18.9. The first-order chi connectivity index (χ1) is 14.1. The quantitative estimate of drug-likeness (QED) is 0.216. The molecule has 0 aliphatic carbocycles. The summed E-state index contributed by atoms with van der Waals surface area (Å²) < 4.78 is 24.8. The third-order valence-corrected chi connectivity index (χ3v) is 3.35. The van der Waals surface area contributed by atoms with Gasteiger partial charge in [-0.05, 0) is 48.5 Å². The van der Waals surface area contributed by atoms with Gasteiger partial charge in [-0.15, -0.1) is 4.99 Å². The van der Waals surface area contributed by atoms with Gasteiger partial charge in [0.1, 0.15) is 36.4 Å². The van der Waals surface area contributed by atoms with Gasteiger partial charge in [0.15, 0.2) is 0 Å². The number of rotatable bonds is 4. The first kappa shape index (κ1) is 26.0. The Kier molecular flexibility index (Phi) is 8.64. The largest absolute Gasteiger partial charge is 0.508 e. The van der Waals surface area contributed by atoms with Crippen LogP contribution in [0.3, 0.4) is 0 Å². The normalized spacial score (nSPS) is 16.4. The zero-order chi connectivity index (χ0) is 23.9. The van der Waals surface area contributed by atoms with Crippen molar-refractivity contribution >= 4 is 30.3 Å². The van der Waals surface area contributed by atoms with Gasteiger partial charge in [-0.3, -0.25) is 10.1 Å². The van der Waals surface area contributed by atoms with E-state index < -0.39 is 40.9 Å². The van der Waals surface area contributed by atoms with Crippen LogP contribution in [0.4, 0.5) is 14.4 Å². The van der Waals surface area contributed by atoms with E-state index in [0.717, 1.165) is 0 Å². The molecule has 0 radical (unpaired) electrons. The number of alkyl carbamates (subject to hydrolysis) is 1. The van der Waals surface area contributed by atoms with Crippen LogP contribution in [0.15, 0.2) is 4.99 Å². The van der Waals surface area contributed by atoms with Crippen molar-refractivity contribution in [2.45, 2.75) is 59.7 Å². The monoisotopic (exact) mass is 445 g/mol. The first-order valence-corrected chi connectivity index (χ1v) is 9.62. The van der Waals surface area contributed by atoms with Crippen molar-refractivity contribution in [3.63, 3.8) is 0 Å². The van der Waals surface area contributed by atoms with E-state index in [-0.39, 0.29) is 32.3 Å². The Balaban J connectivity index is 2.66. The molecule has 0 saturated carbocycles. The van der Waals surface area contributed by atoms with E-state index >= 15 is 0 Å². The number of nitrogens with one attached hydrogen (secondary N) is 2. The van der Waals surface area contributed by atoms with Gasteiger partial charge in [-0.25, -0.2) is 14.4 Å². The molecule has 1 rings (SSSR count). The van der Waals surface area contributed by atoms with Crippen LogP contribution in [0.2, 0.25) is 0 Å². The lowest BCUT2D eigenvalue weighted by Crippen LogP contribution is -2.46. The Hall–Kier alpha value is -3.05. The number of carbonyl (C=O) groups excluding carboxylic acids is 4. The maximum Gasteiger partial charge on any atom is 0.508 e. The van der Waals surface area contributed by atoms with Gasteiger partial charge >= 0.3 is 24.3 Å². The van der Waals surface area contributed by atoms with Crippen LogP contribution in [-0.2, 0) is 28.5 Å². The highest BCUT2D eigenvalue weighted by molar-refractivity contribution is 5.98. The van der Waals surface area contributed by atoms with Crippen molar-refractivity contribution in [1.29, 1.82) is 0 Å². The minimum Gasteiger partial charge on any atom is -0.463 e. The average molecular weight is 445 g/mol. The fraction of sp³-hybridized carbons (Fsp3) is 0.737. The first-order valence-electron chi connectivity index (χ1n) is 9.62. The summed E-state index contributed by atoms with van der Waals surface area (Å²) in [6, 6.07) is 0. The smallest absolute Gasteiger partial charge is 0.463 e. The van der Waals surface area contributed by atoms with E-state index in [9.17, 15) is 19.2 Å². The van der Waals surface area contributed by atoms with Crippen molar-refractivity contribution in [3.05, 3.63) is 0 Å². The van der Waals surface area contributed by atoms with E-state index in [0.29, 0.717) is 0 Å². The number of cyclic esters (lactones) is 2. The molecular formula is C19H31N3O9. The number of aliphatic imine (C=N–C) groups is 1. The van der Waals surface area contributed by atoms with Gasteiger partial charge in [-0.1, -0.05) is 0 Å². The lowest BCUT2D eigenvalue weighted by Gasteiger charge is -2.29. The predicted molar refractivity (Wildman–Crippen MR) is 107 cm³/mol.